The first-order chi connectivity index (χ1) is 7.81. The molecule has 16 heavy (non-hydrogen) atoms. The lowest BCUT2D eigenvalue weighted by Crippen LogP contribution is -2.14. The van der Waals surface area contributed by atoms with Crippen molar-refractivity contribution in [3.05, 3.63) is 53.9 Å². The average Bonchev–Trinajstić information content (AvgIpc) is 2.74. The van der Waals surface area contributed by atoms with E-state index in [-0.39, 0.29) is 0 Å². The van der Waals surface area contributed by atoms with Crippen molar-refractivity contribution in [2.45, 2.75) is 20.4 Å². The fourth-order valence-corrected chi connectivity index (χ4v) is 1.84. The van der Waals surface area contributed by atoms with Crippen LogP contribution in [0.25, 0.3) is 5.69 Å². The summed E-state index contributed by atoms with van der Waals surface area (Å²) in [5.74, 6) is 0. The van der Waals surface area contributed by atoms with E-state index < -0.39 is 0 Å². The molecule has 0 bridgehead atoms. The highest BCUT2D eigenvalue weighted by molar-refractivity contribution is 5.37. The maximum Gasteiger partial charge on any atom is 0.0455 e. The van der Waals surface area contributed by atoms with Crippen molar-refractivity contribution >= 4 is 0 Å². The lowest BCUT2D eigenvalue weighted by Gasteiger charge is -2.10. The maximum atomic E-state index is 3.35. The Balaban J connectivity index is 2.29. The minimum absolute atomic E-state index is 0.914. The lowest BCUT2D eigenvalue weighted by atomic mass is 10.2. The van der Waals surface area contributed by atoms with Gasteiger partial charge >= 0.3 is 0 Å². The van der Waals surface area contributed by atoms with Crippen molar-refractivity contribution in [2.75, 3.05) is 6.54 Å². The zero-order valence-electron chi connectivity index (χ0n) is 9.90. The first kappa shape index (κ1) is 11.0. The van der Waals surface area contributed by atoms with E-state index in [0.29, 0.717) is 0 Å². The molecule has 2 rings (SSSR count). The molecule has 0 aliphatic rings. The van der Waals surface area contributed by atoms with Crippen molar-refractivity contribution in [1.82, 2.24) is 9.88 Å². The topological polar surface area (TPSA) is 17.0 Å². The van der Waals surface area contributed by atoms with Gasteiger partial charge in [-0.25, -0.2) is 0 Å². The first-order valence-electron chi connectivity index (χ1n) is 5.75. The maximum absolute atomic E-state index is 3.35. The molecule has 84 valence electrons. The van der Waals surface area contributed by atoms with Gasteiger partial charge in [0.05, 0.1) is 0 Å². The zero-order valence-corrected chi connectivity index (χ0v) is 9.90. The summed E-state index contributed by atoms with van der Waals surface area (Å²) in [6.45, 7) is 6.16. The van der Waals surface area contributed by atoms with Crippen LogP contribution in [-0.4, -0.2) is 11.1 Å². The monoisotopic (exact) mass is 214 g/mol. The molecule has 0 aliphatic carbocycles. The van der Waals surface area contributed by atoms with Gasteiger partial charge in [-0.2, -0.15) is 0 Å². The van der Waals surface area contributed by atoms with Gasteiger partial charge in [0, 0.05) is 24.1 Å². The molecule has 1 aromatic carbocycles. The Hall–Kier alpha value is -1.54. The highest BCUT2D eigenvalue weighted by Crippen LogP contribution is 2.14. The van der Waals surface area contributed by atoms with Gasteiger partial charge in [0.15, 0.2) is 0 Å². The van der Waals surface area contributed by atoms with Crippen LogP contribution in [0, 0.1) is 6.92 Å². The van der Waals surface area contributed by atoms with Crippen LogP contribution in [0.2, 0.25) is 0 Å². The fraction of sp³-hybridized carbons (Fsp3) is 0.286. The van der Waals surface area contributed by atoms with E-state index >= 15 is 0 Å². The summed E-state index contributed by atoms with van der Waals surface area (Å²) >= 11 is 0. The Labute approximate surface area is 96.9 Å². The molecule has 1 heterocycles. The molecule has 0 fully saturated rings. The van der Waals surface area contributed by atoms with E-state index in [1.165, 1.54) is 16.9 Å². The SMILES string of the molecule is CCNCc1cccn1-c1cccc(C)c1. The first-order valence-corrected chi connectivity index (χ1v) is 5.75. The van der Waals surface area contributed by atoms with E-state index in [1.54, 1.807) is 0 Å². The van der Waals surface area contributed by atoms with Crippen LogP contribution >= 0.6 is 0 Å². The second kappa shape index (κ2) is 4.99. The lowest BCUT2D eigenvalue weighted by molar-refractivity contribution is 0.698. The normalized spacial score (nSPS) is 10.6. The Kier molecular flexibility index (Phi) is 3.42. The van der Waals surface area contributed by atoms with Crippen LogP contribution in [0.15, 0.2) is 42.6 Å². The molecular weight excluding hydrogens is 196 g/mol. The molecule has 0 aliphatic heterocycles. The molecule has 0 saturated carbocycles. The van der Waals surface area contributed by atoms with E-state index in [1.807, 2.05) is 0 Å². The van der Waals surface area contributed by atoms with Gasteiger partial charge in [-0.15, -0.1) is 0 Å². The molecule has 1 N–H and O–H groups in total. The molecule has 2 aromatic rings. The molecule has 0 saturated heterocycles. The second-order valence-corrected chi connectivity index (χ2v) is 3.99. The summed E-state index contributed by atoms with van der Waals surface area (Å²) in [6.07, 6.45) is 2.11. The number of benzene rings is 1. The Morgan fingerprint density at radius 3 is 2.81 bits per heavy atom. The zero-order chi connectivity index (χ0) is 11.4. The fourth-order valence-electron chi connectivity index (χ4n) is 1.84. The van der Waals surface area contributed by atoms with Gasteiger partial charge in [0.2, 0.25) is 0 Å². The van der Waals surface area contributed by atoms with E-state index in [4.69, 9.17) is 0 Å². The number of rotatable bonds is 4. The van der Waals surface area contributed by atoms with Crippen molar-refractivity contribution in [3.8, 4) is 5.69 Å². The molecule has 0 radical (unpaired) electrons. The van der Waals surface area contributed by atoms with Crippen molar-refractivity contribution in [1.29, 1.82) is 0 Å². The molecular formula is C14H18N2. The van der Waals surface area contributed by atoms with Gasteiger partial charge in [-0.3, -0.25) is 0 Å². The third-order valence-electron chi connectivity index (χ3n) is 2.67. The predicted octanol–water partition coefficient (Wildman–Crippen LogP) is 2.90. The highest BCUT2D eigenvalue weighted by Gasteiger charge is 2.02. The summed E-state index contributed by atoms with van der Waals surface area (Å²) in [6, 6.07) is 12.8. The summed E-state index contributed by atoms with van der Waals surface area (Å²) in [5.41, 5.74) is 3.82. The van der Waals surface area contributed by atoms with Gasteiger partial charge in [-0.1, -0.05) is 19.1 Å². The van der Waals surface area contributed by atoms with E-state index in [2.05, 4.69) is 66.3 Å². The number of nitrogens with one attached hydrogen (secondary N) is 1. The van der Waals surface area contributed by atoms with E-state index in [0.717, 1.165) is 13.1 Å². The quantitative estimate of drug-likeness (QED) is 0.828. The largest absolute Gasteiger partial charge is 0.320 e. The van der Waals surface area contributed by atoms with Crippen LogP contribution in [0.3, 0.4) is 0 Å². The van der Waals surface area contributed by atoms with E-state index in [9.17, 15) is 0 Å². The minimum Gasteiger partial charge on any atom is -0.320 e. The number of aryl methyl sites for hydroxylation is 1. The van der Waals surface area contributed by atoms with Crippen LogP contribution in [0.1, 0.15) is 18.2 Å². The molecule has 0 amide bonds. The van der Waals surface area contributed by atoms with Gasteiger partial charge < -0.3 is 9.88 Å². The number of hydrogen-bond acceptors (Lipinski definition) is 1. The third-order valence-corrected chi connectivity index (χ3v) is 2.67. The van der Waals surface area contributed by atoms with Gasteiger partial charge in [0.25, 0.3) is 0 Å². The molecule has 2 nitrogen and oxygen atoms in total. The van der Waals surface area contributed by atoms with Crippen LogP contribution in [-0.2, 0) is 6.54 Å². The highest BCUT2D eigenvalue weighted by atomic mass is 15.0. The van der Waals surface area contributed by atoms with Crippen molar-refractivity contribution in [3.63, 3.8) is 0 Å². The third kappa shape index (κ3) is 2.34. The number of aromatic nitrogens is 1. The smallest absolute Gasteiger partial charge is 0.0455 e. The summed E-state index contributed by atoms with van der Waals surface area (Å²) in [4.78, 5) is 0. The van der Waals surface area contributed by atoms with Gasteiger partial charge in [-0.05, 0) is 43.3 Å². The van der Waals surface area contributed by atoms with Crippen LogP contribution in [0.4, 0.5) is 0 Å². The number of nitrogens with zero attached hydrogens (tertiary/aromatic N) is 1. The molecule has 0 spiro atoms. The Morgan fingerprint density at radius 2 is 2.06 bits per heavy atom. The Bertz CT molecular complexity index is 457. The second-order valence-electron chi connectivity index (χ2n) is 3.99. The molecule has 2 heteroatoms. The summed E-state index contributed by atoms with van der Waals surface area (Å²) in [5, 5.41) is 3.35. The molecule has 1 aromatic heterocycles. The molecule has 0 atom stereocenters. The van der Waals surface area contributed by atoms with Crippen molar-refractivity contribution < 1.29 is 0 Å². The standard InChI is InChI=1S/C14H18N2/c1-3-15-11-14-8-5-9-16(14)13-7-4-6-12(2)10-13/h4-10,15H,3,11H2,1-2H3. The van der Waals surface area contributed by atoms with Crippen LogP contribution < -0.4 is 5.32 Å². The average molecular weight is 214 g/mol. The van der Waals surface area contributed by atoms with Crippen LogP contribution in [0.5, 0.6) is 0 Å². The minimum atomic E-state index is 0.914. The summed E-state index contributed by atoms with van der Waals surface area (Å²) < 4.78 is 2.23. The molecule has 0 unspecified atom stereocenters. The predicted molar refractivity (Wildman–Crippen MR) is 67.9 cm³/mol. The Morgan fingerprint density at radius 1 is 1.19 bits per heavy atom. The number of hydrogen-bond donors (Lipinski definition) is 1. The summed E-state index contributed by atoms with van der Waals surface area (Å²) in [7, 11) is 0. The van der Waals surface area contributed by atoms with Crippen molar-refractivity contribution in [2.24, 2.45) is 0 Å². The van der Waals surface area contributed by atoms with Gasteiger partial charge in [0.1, 0.15) is 0 Å².